The first-order chi connectivity index (χ1) is 10.5. The largest absolute Gasteiger partial charge is 0.444 e. The van der Waals surface area contributed by atoms with Crippen LogP contribution in [0.15, 0.2) is 11.1 Å². The van der Waals surface area contributed by atoms with Crippen molar-refractivity contribution in [3.05, 3.63) is 6.20 Å². The Hall–Kier alpha value is -1.81. The monoisotopic (exact) mass is 347 g/mol. The number of nitrogens with zero attached hydrogens (tertiary/aromatic N) is 2. The predicted octanol–water partition coefficient (Wildman–Crippen LogP) is 0.678. The Morgan fingerprint density at radius 2 is 2.04 bits per heavy atom. The van der Waals surface area contributed by atoms with Crippen molar-refractivity contribution >= 4 is 21.9 Å². The fraction of sp³-hybridized carbons (Fsp3) is 0.692. The minimum absolute atomic E-state index is 0.0359. The molecular weight excluding hydrogens is 322 g/mol. The van der Waals surface area contributed by atoms with Gasteiger partial charge in [-0.15, -0.1) is 0 Å². The highest BCUT2D eigenvalue weighted by molar-refractivity contribution is 7.89. The van der Waals surface area contributed by atoms with Gasteiger partial charge in [-0.2, -0.15) is 5.10 Å². The molecule has 4 N–H and O–H groups in total. The third kappa shape index (κ3) is 6.45. The molecule has 0 saturated carbocycles. The fourth-order valence-electron chi connectivity index (χ4n) is 1.66. The van der Waals surface area contributed by atoms with Crippen LogP contribution in [0.2, 0.25) is 0 Å². The van der Waals surface area contributed by atoms with E-state index < -0.39 is 21.7 Å². The molecule has 0 fully saturated rings. The van der Waals surface area contributed by atoms with Gasteiger partial charge in [0.1, 0.15) is 10.5 Å². The highest BCUT2D eigenvalue weighted by Gasteiger charge is 2.20. The average Bonchev–Trinajstić information content (AvgIpc) is 2.78. The number of rotatable bonds is 7. The minimum Gasteiger partial charge on any atom is -0.444 e. The number of anilines is 1. The summed E-state index contributed by atoms with van der Waals surface area (Å²) in [6, 6.07) is 0. The number of alkyl carbamates (subject to hydrolysis) is 1. The molecular formula is C13H25N5O4S. The van der Waals surface area contributed by atoms with E-state index in [0.717, 1.165) is 0 Å². The molecule has 0 aliphatic carbocycles. The van der Waals surface area contributed by atoms with Gasteiger partial charge in [0.2, 0.25) is 10.0 Å². The summed E-state index contributed by atoms with van der Waals surface area (Å²) in [4.78, 5) is 11.4. The molecule has 0 atom stereocenters. The predicted molar refractivity (Wildman–Crippen MR) is 86.4 cm³/mol. The van der Waals surface area contributed by atoms with Gasteiger partial charge in [-0.25, -0.2) is 17.9 Å². The van der Waals surface area contributed by atoms with Gasteiger partial charge < -0.3 is 15.8 Å². The van der Waals surface area contributed by atoms with Gasteiger partial charge in [0.05, 0.1) is 0 Å². The van der Waals surface area contributed by atoms with Crippen molar-refractivity contribution in [3.8, 4) is 0 Å². The van der Waals surface area contributed by atoms with Gasteiger partial charge >= 0.3 is 6.09 Å². The first kappa shape index (κ1) is 19.2. The standard InChI is InChI=1S/C13H25N5O4S/c1-5-18-9-10(11(14)17-18)23(20,21)16-8-6-7-15-12(19)22-13(2,3)4/h9,16H,5-8H2,1-4H3,(H2,14,17)(H,15,19). The Morgan fingerprint density at radius 3 is 2.57 bits per heavy atom. The van der Waals surface area contributed by atoms with E-state index in [-0.39, 0.29) is 17.3 Å². The summed E-state index contributed by atoms with van der Waals surface area (Å²) in [5.41, 5.74) is 5.04. The van der Waals surface area contributed by atoms with E-state index in [4.69, 9.17) is 10.5 Å². The Balaban J connectivity index is 2.40. The topological polar surface area (TPSA) is 128 Å². The Bertz CT molecular complexity index is 633. The Labute approximate surface area is 136 Å². The molecule has 1 amide bonds. The smallest absolute Gasteiger partial charge is 0.407 e. The molecule has 132 valence electrons. The van der Waals surface area contributed by atoms with E-state index in [0.29, 0.717) is 19.5 Å². The lowest BCUT2D eigenvalue weighted by Crippen LogP contribution is -2.34. The number of hydrogen-bond donors (Lipinski definition) is 3. The number of nitrogens with one attached hydrogen (secondary N) is 2. The lowest BCUT2D eigenvalue weighted by atomic mass is 10.2. The van der Waals surface area contributed by atoms with Crippen molar-refractivity contribution in [2.75, 3.05) is 18.8 Å². The number of sulfonamides is 1. The molecule has 0 aliphatic rings. The Kier molecular flexibility index (Phi) is 6.39. The zero-order valence-electron chi connectivity index (χ0n) is 13.9. The van der Waals surface area contributed by atoms with E-state index in [9.17, 15) is 13.2 Å². The molecule has 1 rings (SSSR count). The molecule has 0 aliphatic heterocycles. The zero-order valence-corrected chi connectivity index (χ0v) is 14.7. The third-order valence-corrected chi connectivity index (χ3v) is 4.16. The first-order valence-electron chi connectivity index (χ1n) is 7.34. The highest BCUT2D eigenvalue weighted by atomic mass is 32.2. The molecule has 0 bridgehead atoms. The van der Waals surface area contributed by atoms with Crippen molar-refractivity contribution in [1.29, 1.82) is 0 Å². The van der Waals surface area contributed by atoms with Crippen LogP contribution in [0.5, 0.6) is 0 Å². The van der Waals surface area contributed by atoms with E-state index in [1.165, 1.54) is 10.9 Å². The van der Waals surface area contributed by atoms with Gasteiger partial charge in [0.25, 0.3) is 0 Å². The molecule has 0 aromatic carbocycles. The summed E-state index contributed by atoms with van der Waals surface area (Å²) in [6.45, 7) is 8.11. The van der Waals surface area contributed by atoms with Gasteiger partial charge in [-0.1, -0.05) is 0 Å². The van der Waals surface area contributed by atoms with Crippen LogP contribution in [0.3, 0.4) is 0 Å². The molecule has 10 heteroatoms. The van der Waals surface area contributed by atoms with Crippen molar-refractivity contribution in [1.82, 2.24) is 19.8 Å². The van der Waals surface area contributed by atoms with Crippen LogP contribution in [0.4, 0.5) is 10.6 Å². The maximum absolute atomic E-state index is 12.1. The van der Waals surface area contributed by atoms with Crippen LogP contribution >= 0.6 is 0 Å². The zero-order chi connectivity index (χ0) is 17.7. The lowest BCUT2D eigenvalue weighted by Gasteiger charge is -2.19. The average molecular weight is 347 g/mol. The van der Waals surface area contributed by atoms with E-state index in [1.807, 2.05) is 6.92 Å². The second-order valence-electron chi connectivity index (χ2n) is 5.91. The third-order valence-electron chi connectivity index (χ3n) is 2.68. The molecule has 9 nitrogen and oxygen atoms in total. The van der Waals surface area contributed by atoms with Gasteiger partial charge in [0, 0.05) is 25.8 Å². The van der Waals surface area contributed by atoms with Crippen LogP contribution in [0.25, 0.3) is 0 Å². The summed E-state index contributed by atoms with van der Waals surface area (Å²) < 4.78 is 33.2. The van der Waals surface area contributed by atoms with Gasteiger partial charge in [0.15, 0.2) is 5.82 Å². The number of ether oxygens (including phenoxy) is 1. The maximum Gasteiger partial charge on any atom is 0.407 e. The molecule has 0 unspecified atom stereocenters. The number of amides is 1. The van der Waals surface area contributed by atoms with Crippen LogP contribution in [0.1, 0.15) is 34.1 Å². The van der Waals surface area contributed by atoms with Crippen LogP contribution < -0.4 is 15.8 Å². The second-order valence-corrected chi connectivity index (χ2v) is 7.65. The molecule has 1 aromatic rings. The van der Waals surface area contributed by atoms with Crippen molar-refractivity contribution in [2.24, 2.45) is 0 Å². The van der Waals surface area contributed by atoms with Crippen molar-refractivity contribution in [3.63, 3.8) is 0 Å². The number of aryl methyl sites for hydroxylation is 1. The van der Waals surface area contributed by atoms with Crippen LogP contribution in [0, 0.1) is 0 Å². The summed E-state index contributed by atoms with van der Waals surface area (Å²) in [5, 5.41) is 6.45. The summed E-state index contributed by atoms with van der Waals surface area (Å²) in [5.74, 6) is -0.0359. The van der Waals surface area contributed by atoms with Crippen LogP contribution in [-0.2, 0) is 21.3 Å². The van der Waals surface area contributed by atoms with E-state index in [1.54, 1.807) is 20.8 Å². The lowest BCUT2D eigenvalue weighted by molar-refractivity contribution is 0.0527. The highest BCUT2D eigenvalue weighted by Crippen LogP contribution is 2.15. The number of aromatic nitrogens is 2. The minimum atomic E-state index is -3.71. The second kappa shape index (κ2) is 7.64. The number of hydrogen-bond acceptors (Lipinski definition) is 6. The number of carbonyl (C=O) groups is 1. The molecule has 1 aromatic heterocycles. The first-order valence-corrected chi connectivity index (χ1v) is 8.83. The summed E-state index contributed by atoms with van der Waals surface area (Å²) in [7, 11) is -3.71. The normalized spacial score (nSPS) is 12.2. The van der Waals surface area contributed by atoms with Crippen molar-refractivity contribution in [2.45, 2.75) is 51.2 Å². The van der Waals surface area contributed by atoms with E-state index in [2.05, 4.69) is 15.1 Å². The van der Waals surface area contributed by atoms with Crippen LogP contribution in [-0.4, -0.2) is 43.0 Å². The molecule has 0 spiro atoms. The molecule has 1 heterocycles. The van der Waals surface area contributed by atoms with Gasteiger partial charge in [-0.05, 0) is 34.1 Å². The fourth-order valence-corrected chi connectivity index (χ4v) is 2.81. The maximum atomic E-state index is 12.1. The van der Waals surface area contributed by atoms with Crippen molar-refractivity contribution < 1.29 is 17.9 Å². The van der Waals surface area contributed by atoms with Gasteiger partial charge in [-0.3, -0.25) is 4.68 Å². The Morgan fingerprint density at radius 1 is 1.39 bits per heavy atom. The summed E-state index contributed by atoms with van der Waals surface area (Å²) in [6.07, 6.45) is 1.27. The SMILES string of the molecule is CCn1cc(S(=O)(=O)NCCCNC(=O)OC(C)(C)C)c(N)n1. The molecule has 0 saturated heterocycles. The molecule has 23 heavy (non-hydrogen) atoms. The summed E-state index contributed by atoms with van der Waals surface area (Å²) >= 11 is 0. The quantitative estimate of drug-likeness (QED) is 0.622. The molecule has 0 radical (unpaired) electrons. The van der Waals surface area contributed by atoms with E-state index >= 15 is 0 Å². The number of nitrogens with two attached hydrogens (primary N) is 1. The number of nitrogen functional groups attached to an aromatic ring is 1. The number of carbonyl (C=O) groups excluding carboxylic acids is 1.